The molecule has 0 aliphatic carbocycles. The summed E-state index contributed by atoms with van der Waals surface area (Å²) in [5.74, 6) is -1.39. The number of aliphatic carboxylic acids is 1. The Labute approximate surface area is 72.6 Å². The quantitative estimate of drug-likeness (QED) is 0.611. The molecule has 0 fully saturated rings. The lowest BCUT2D eigenvalue weighted by Crippen LogP contribution is -2.19. The molecule has 0 aliphatic heterocycles. The molecule has 0 saturated heterocycles. The molecule has 4 nitrogen and oxygen atoms in total. The van der Waals surface area contributed by atoms with Crippen molar-refractivity contribution in [1.29, 1.82) is 5.41 Å². The SMILES string of the molecule is N=C(C(=O)O)C(O)c1cccs1. The van der Waals surface area contributed by atoms with E-state index in [0.29, 0.717) is 4.88 Å². The first-order valence-electron chi connectivity index (χ1n) is 3.16. The minimum Gasteiger partial charge on any atom is -0.477 e. The summed E-state index contributed by atoms with van der Waals surface area (Å²) in [5.41, 5.74) is -0.697. The van der Waals surface area contributed by atoms with Gasteiger partial charge >= 0.3 is 5.97 Å². The summed E-state index contributed by atoms with van der Waals surface area (Å²) in [7, 11) is 0. The molecule has 1 heterocycles. The third-order valence-electron chi connectivity index (χ3n) is 1.32. The van der Waals surface area contributed by atoms with Crippen molar-refractivity contribution in [3.8, 4) is 0 Å². The molecule has 0 aliphatic rings. The highest BCUT2D eigenvalue weighted by Crippen LogP contribution is 2.19. The fraction of sp³-hybridized carbons (Fsp3) is 0.143. The van der Waals surface area contributed by atoms with Gasteiger partial charge in [-0.05, 0) is 11.4 Å². The summed E-state index contributed by atoms with van der Waals surface area (Å²) in [4.78, 5) is 10.7. The van der Waals surface area contributed by atoms with Gasteiger partial charge in [0.1, 0.15) is 6.10 Å². The summed E-state index contributed by atoms with van der Waals surface area (Å²) >= 11 is 1.22. The highest BCUT2D eigenvalue weighted by Gasteiger charge is 2.20. The standard InChI is InChI=1S/C7H7NO3S/c8-5(7(10)11)6(9)4-2-1-3-12-4/h1-3,6,8-9H,(H,10,11). The molecular weight excluding hydrogens is 178 g/mol. The zero-order valence-electron chi connectivity index (χ0n) is 6.02. The summed E-state index contributed by atoms with van der Waals surface area (Å²) in [5, 5.41) is 26.3. The van der Waals surface area contributed by atoms with Crippen molar-refractivity contribution in [3.05, 3.63) is 22.4 Å². The lowest BCUT2D eigenvalue weighted by molar-refractivity contribution is -0.130. The molecule has 0 spiro atoms. The van der Waals surface area contributed by atoms with Gasteiger partial charge < -0.3 is 10.2 Å². The molecule has 0 saturated carbocycles. The zero-order valence-corrected chi connectivity index (χ0v) is 6.84. The molecule has 3 N–H and O–H groups in total. The van der Waals surface area contributed by atoms with Gasteiger partial charge in [-0.15, -0.1) is 11.3 Å². The van der Waals surface area contributed by atoms with Gasteiger partial charge in [0.15, 0.2) is 5.71 Å². The Morgan fingerprint density at radius 2 is 2.33 bits per heavy atom. The van der Waals surface area contributed by atoms with Gasteiger partial charge in [-0.1, -0.05) is 6.07 Å². The van der Waals surface area contributed by atoms with Crippen LogP contribution in [0.25, 0.3) is 0 Å². The topological polar surface area (TPSA) is 81.4 Å². The van der Waals surface area contributed by atoms with E-state index in [1.54, 1.807) is 17.5 Å². The summed E-state index contributed by atoms with van der Waals surface area (Å²) in [6.07, 6.45) is -1.30. The Bertz CT molecular complexity index is 294. The zero-order chi connectivity index (χ0) is 9.14. The van der Waals surface area contributed by atoms with Crippen molar-refractivity contribution < 1.29 is 15.0 Å². The van der Waals surface area contributed by atoms with Crippen LogP contribution in [0.15, 0.2) is 17.5 Å². The van der Waals surface area contributed by atoms with E-state index in [4.69, 9.17) is 10.5 Å². The molecule has 5 heteroatoms. The van der Waals surface area contributed by atoms with Crippen molar-refractivity contribution in [1.82, 2.24) is 0 Å². The first kappa shape index (κ1) is 8.89. The number of carboxylic acids is 1. The van der Waals surface area contributed by atoms with Gasteiger partial charge in [0.05, 0.1) is 0 Å². The Morgan fingerprint density at radius 1 is 1.67 bits per heavy atom. The van der Waals surface area contributed by atoms with Crippen LogP contribution in [0, 0.1) is 5.41 Å². The second kappa shape index (κ2) is 3.46. The maximum atomic E-state index is 10.3. The van der Waals surface area contributed by atoms with E-state index in [-0.39, 0.29) is 0 Å². The molecule has 1 rings (SSSR count). The van der Waals surface area contributed by atoms with Gasteiger partial charge in [-0.3, -0.25) is 5.41 Å². The predicted molar refractivity (Wildman–Crippen MR) is 44.6 cm³/mol. The smallest absolute Gasteiger partial charge is 0.352 e. The highest BCUT2D eigenvalue weighted by atomic mass is 32.1. The van der Waals surface area contributed by atoms with Crippen molar-refractivity contribution in [2.24, 2.45) is 0 Å². The third kappa shape index (κ3) is 1.69. The van der Waals surface area contributed by atoms with Crippen LogP contribution in [-0.4, -0.2) is 21.9 Å². The molecule has 64 valence electrons. The second-order valence-corrected chi connectivity index (χ2v) is 3.12. The average Bonchev–Trinajstić information content (AvgIpc) is 2.53. The number of aliphatic hydroxyl groups is 1. The van der Waals surface area contributed by atoms with E-state index >= 15 is 0 Å². The molecule has 1 unspecified atom stereocenters. The molecular formula is C7H7NO3S. The van der Waals surface area contributed by atoms with E-state index in [9.17, 15) is 9.90 Å². The Balaban J connectivity index is 2.79. The van der Waals surface area contributed by atoms with Gasteiger partial charge in [0, 0.05) is 4.88 Å². The van der Waals surface area contributed by atoms with Crippen LogP contribution in [-0.2, 0) is 4.79 Å². The van der Waals surface area contributed by atoms with Gasteiger partial charge in [-0.2, -0.15) is 0 Å². The lowest BCUT2D eigenvalue weighted by atomic mass is 10.2. The molecule has 12 heavy (non-hydrogen) atoms. The monoisotopic (exact) mass is 185 g/mol. The maximum absolute atomic E-state index is 10.3. The van der Waals surface area contributed by atoms with E-state index in [2.05, 4.69) is 0 Å². The normalized spacial score (nSPS) is 12.4. The molecule has 1 atom stereocenters. The van der Waals surface area contributed by atoms with E-state index < -0.39 is 17.8 Å². The largest absolute Gasteiger partial charge is 0.477 e. The van der Waals surface area contributed by atoms with Crippen molar-refractivity contribution in [2.75, 3.05) is 0 Å². The molecule has 1 aromatic rings. The van der Waals surface area contributed by atoms with Gasteiger partial charge in [0.25, 0.3) is 0 Å². The van der Waals surface area contributed by atoms with Crippen molar-refractivity contribution in [2.45, 2.75) is 6.10 Å². The predicted octanol–water partition coefficient (Wildman–Crippen LogP) is 0.886. The summed E-state index contributed by atoms with van der Waals surface area (Å²) in [6, 6.07) is 3.28. The minimum atomic E-state index is -1.39. The maximum Gasteiger partial charge on any atom is 0.352 e. The van der Waals surface area contributed by atoms with E-state index in [1.165, 1.54) is 11.3 Å². The van der Waals surface area contributed by atoms with Crippen LogP contribution in [0.3, 0.4) is 0 Å². The number of hydrogen-bond donors (Lipinski definition) is 3. The van der Waals surface area contributed by atoms with Crippen LogP contribution in [0.1, 0.15) is 11.0 Å². The van der Waals surface area contributed by atoms with Crippen LogP contribution in [0.5, 0.6) is 0 Å². The number of aliphatic hydroxyl groups excluding tert-OH is 1. The molecule has 0 aromatic carbocycles. The highest BCUT2D eigenvalue weighted by molar-refractivity contribution is 7.10. The van der Waals surface area contributed by atoms with Crippen molar-refractivity contribution >= 4 is 23.0 Å². The average molecular weight is 185 g/mol. The number of rotatable bonds is 3. The molecule has 0 bridgehead atoms. The van der Waals surface area contributed by atoms with Crippen LogP contribution < -0.4 is 0 Å². The molecule has 0 radical (unpaired) electrons. The van der Waals surface area contributed by atoms with E-state index in [1.807, 2.05) is 0 Å². The van der Waals surface area contributed by atoms with E-state index in [0.717, 1.165) is 0 Å². The Kier molecular flexibility index (Phi) is 2.57. The first-order valence-corrected chi connectivity index (χ1v) is 4.04. The van der Waals surface area contributed by atoms with Crippen LogP contribution in [0.2, 0.25) is 0 Å². The molecule has 0 amide bonds. The number of hydrogen-bond acceptors (Lipinski definition) is 4. The minimum absolute atomic E-state index is 0.474. The van der Waals surface area contributed by atoms with Crippen molar-refractivity contribution in [3.63, 3.8) is 0 Å². The molecule has 1 aromatic heterocycles. The number of nitrogens with one attached hydrogen (secondary N) is 1. The number of carboxylic acid groups (broad SMARTS) is 1. The van der Waals surface area contributed by atoms with Gasteiger partial charge in [-0.25, -0.2) is 4.79 Å². The Morgan fingerprint density at radius 3 is 2.75 bits per heavy atom. The van der Waals surface area contributed by atoms with Crippen LogP contribution in [0.4, 0.5) is 0 Å². The number of carbonyl (C=O) groups is 1. The number of thiophene rings is 1. The van der Waals surface area contributed by atoms with Crippen LogP contribution >= 0.6 is 11.3 Å². The summed E-state index contributed by atoms with van der Waals surface area (Å²) in [6.45, 7) is 0. The fourth-order valence-corrected chi connectivity index (χ4v) is 1.42. The second-order valence-electron chi connectivity index (χ2n) is 2.14. The van der Waals surface area contributed by atoms with Gasteiger partial charge in [0.2, 0.25) is 0 Å². The lowest BCUT2D eigenvalue weighted by Gasteiger charge is -2.04. The summed E-state index contributed by atoms with van der Waals surface area (Å²) < 4.78 is 0. The third-order valence-corrected chi connectivity index (χ3v) is 2.24. The first-order chi connectivity index (χ1) is 5.63. The fourth-order valence-electron chi connectivity index (χ4n) is 0.706. The Hall–Kier alpha value is -1.20.